The molecule has 0 fully saturated rings. The van der Waals surface area contributed by atoms with E-state index in [4.69, 9.17) is 0 Å². The van der Waals surface area contributed by atoms with E-state index in [0.717, 1.165) is 4.88 Å². The Morgan fingerprint density at radius 2 is 2.33 bits per heavy atom. The third-order valence-electron chi connectivity index (χ3n) is 1.93. The minimum Gasteiger partial charge on any atom is -0.347 e. The van der Waals surface area contributed by atoms with Crippen LogP contribution in [0.25, 0.3) is 0 Å². The highest BCUT2D eigenvalue weighted by molar-refractivity contribution is 7.09. The number of aromatic nitrogens is 1. The number of amides is 1. The van der Waals surface area contributed by atoms with Gasteiger partial charge in [-0.3, -0.25) is 9.78 Å². The summed E-state index contributed by atoms with van der Waals surface area (Å²) in [6.07, 6.45) is 3.21. The average molecular weight is 218 g/mol. The van der Waals surface area contributed by atoms with E-state index < -0.39 is 0 Å². The second kappa shape index (κ2) is 4.70. The first-order valence-corrected chi connectivity index (χ1v) is 5.45. The minimum absolute atomic E-state index is 0.0866. The molecular formula is C11H10N2OS. The molecule has 3 nitrogen and oxygen atoms in total. The lowest BCUT2D eigenvalue weighted by atomic mass is 10.3. The van der Waals surface area contributed by atoms with Gasteiger partial charge in [0.15, 0.2) is 0 Å². The molecule has 2 heterocycles. The van der Waals surface area contributed by atoms with Crippen LogP contribution in [0.1, 0.15) is 15.2 Å². The van der Waals surface area contributed by atoms with E-state index in [1.165, 1.54) is 0 Å². The van der Waals surface area contributed by atoms with Crippen molar-refractivity contribution in [2.45, 2.75) is 6.54 Å². The van der Waals surface area contributed by atoms with Crippen LogP contribution >= 0.6 is 11.3 Å². The van der Waals surface area contributed by atoms with Gasteiger partial charge in [0, 0.05) is 17.3 Å². The van der Waals surface area contributed by atoms with Crippen LogP contribution in [0.5, 0.6) is 0 Å². The number of rotatable bonds is 3. The predicted molar refractivity (Wildman–Crippen MR) is 59.7 cm³/mol. The Kier molecular flexibility index (Phi) is 3.09. The van der Waals surface area contributed by atoms with Crippen LogP contribution in [0.15, 0.2) is 42.0 Å². The van der Waals surface area contributed by atoms with Crippen molar-refractivity contribution in [3.63, 3.8) is 0 Å². The molecule has 15 heavy (non-hydrogen) atoms. The molecule has 0 aromatic carbocycles. The molecule has 76 valence electrons. The molecule has 0 aliphatic heterocycles. The molecule has 0 unspecified atom stereocenters. The third kappa shape index (κ3) is 2.63. The number of nitrogens with zero attached hydrogens (tertiary/aromatic N) is 1. The predicted octanol–water partition coefficient (Wildman–Crippen LogP) is 2.07. The van der Waals surface area contributed by atoms with Crippen LogP contribution in [0.4, 0.5) is 0 Å². The summed E-state index contributed by atoms with van der Waals surface area (Å²) in [5, 5.41) is 4.82. The molecule has 2 aromatic heterocycles. The average Bonchev–Trinajstić information content (AvgIpc) is 2.80. The van der Waals surface area contributed by atoms with Crippen molar-refractivity contribution < 1.29 is 4.79 Å². The molecular weight excluding hydrogens is 208 g/mol. The van der Waals surface area contributed by atoms with Crippen LogP contribution < -0.4 is 5.32 Å². The first-order valence-electron chi connectivity index (χ1n) is 4.57. The SMILES string of the molecule is O=C(NCc1cccs1)c1cccnc1. The lowest BCUT2D eigenvalue weighted by Crippen LogP contribution is -2.22. The summed E-state index contributed by atoms with van der Waals surface area (Å²) in [7, 11) is 0. The molecule has 2 aromatic rings. The number of hydrogen-bond acceptors (Lipinski definition) is 3. The molecule has 0 radical (unpaired) electrons. The van der Waals surface area contributed by atoms with Gasteiger partial charge < -0.3 is 5.32 Å². The van der Waals surface area contributed by atoms with Crippen molar-refractivity contribution in [2.24, 2.45) is 0 Å². The first-order chi connectivity index (χ1) is 7.36. The van der Waals surface area contributed by atoms with Crippen molar-refractivity contribution in [2.75, 3.05) is 0 Å². The summed E-state index contributed by atoms with van der Waals surface area (Å²) in [6.45, 7) is 0.575. The molecule has 2 rings (SSSR count). The van der Waals surface area contributed by atoms with E-state index in [-0.39, 0.29) is 5.91 Å². The van der Waals surface area contributed by atoms with Gasteiger partial charge in [-0.15, -0.1) is 11.3 Å². The van der Waals surface area contributed by atoms with Crippen LogP contribution in [0.3, 0.4) is 0 Å². The molecule has 4 heteroatoms. The molecule has 1 N–H and O–H groups in total. The van der Waals surface area contributed by atoms with Crippen LogP contribution in [0.2, 0.25) is 0 Å². The fraction of sp³-hybridized carbons (Fsp3) is 0.0909. The molecule has 0 spiro atoms. The van der Waals surface area contributed by atoms with Gasteiger partial charge in [0.25, 0.3) is 5.91 Å². The summed E-state index contributed by atoms with van der Waals surface area (Å²) in [5.41, 5.74) is 0.592. The Morgan fingerprint density at radius 1 is 1.40 bits per heavy atom. The van der Waals surface area contributed by atoms with Gasteiger partial charge >= 0.3 is 0 Å². The Morgan fingerprint density at radius 3 is 3.00 bits per heavy atom. The normalized spacial score (nSPS) is 9.87. The quantitative estimate of drug-likeness (QED) is 0.857. The highest BCUT2D eigenvalue weighted by atomic mass is 32.1. The van der Waals surface area contributed by atoms with Gasteiger partial charge in [0.2, 0.25) is 0 Å². The topological polar surface area (TPSA) is 42.0 Å². The van der Waals surface area contributed by atoms with Crippen LogP contribution in [-0.2, 0) is 6.54 Å². The molecule has 0 saturated carbocycles. The number of hydrogen-bond donors (Lipinski definition) is 1. The lowest BCUT2D eigenvalue weighted by Gasteiger charge is -2.02. The zero-order valence-corrected chi connectivity index (χ0v) is 8.83. The second-order valence-corrected chi connectivity index (χ2v) is 4.04. The lowest BCUT2D eigenvalue weighted by molar-refractivity contribution is 0.0951. The maximum Gasteiger partial charge on any atom is 0.253 e. The van der Waals surface area contributed by atoms with Gasteiger partial charge in [0.1, 0.15) is 0 Å². The fourth-order valence-electron chi connectivity index (χ4n) is 1.18. The fourth-order valence-corrected chi connectivity index (χ4v) is 1.82. The van der Waals surface area contributed by atoms with Crippen LogP contribution in [0, 0.1) is 0 Å². The van der Waals surface area contributed by atoms with E-state index in [2.05, 4.69) is 10.3 Å². The van der Waals surface area contributed by atoms with Gasteiger partial charge in [-0.05, 0) is 23.6 Å². The Balaban J connectivity index is 1.94. The zero-order chi connectivity index (χ0) is 10.5. The van der Waals surface area contributed by atoms with E-state index in [1.54, 1.807) is 35.9 Å². The third-order valence-corrected chi connectivity index (χ3v) is 2.80. The number of pyridine rings is 1. The smallest absolute Gasteiger partial charge is 0.253 e. The molecule has 0 atom stereocenters. The molecule has 0 saturated heterocycles. The van der Waals surface area contributed by atoms with Crippen LogP contribution in [-0.4, -0.2) is 10.9 Å². The van der Waals surface area contributed by atoms with Gasteiger partial charge in [-0.2, -0.15) is 0 Å². The Bertz CT molecular complexity index is 425. The number of thiophene rings is 1. The maximum absolute atomic E-state index is 11.6. The highest BCUT2D eigenvalue weighted by Crippen LogP contribution is 2.07. The summed E-state index contributed by atoms with van der Waals surface area (Å²) < 4.78 is 0. The Hall–Kier alpha value is -1.68. The molecule has 0 aliphatic carbocycles. The first kappa shape index (κ1) is 9.86. The van der Waals surface area contributed by atoms with E-state index in [9.17, 15) is 4.79 Å². The van der Waals surface area contributed by atoms with Crippen molar-refractivity contribution in [3.8, 4) is 0 Å². The number of carbonyl (C=O) groups excluding carboxylic acids is 1. The van der Waals surface area contributed by atoms with Crippen molar-refractivity contribution >= 4 is 17.2 Å². The van der Waals surface area contributed by atoms with Gasteiger partial charge in [-0.1, -0.05) is 6.07 Å². The maximum atomic E-state index is 11.6. The minimum atomic E-state index is -0.0866. The largest absolute Gasteiger partial charge is 0.347 e. The van der Waals surface area contributed by atoms with E-state index in [0.29, 0.717) is 12.1 Å². The van der Waals surface area contributed by atoms with Crippen molar-refractivity contribution in [3.05, 3.63) is 52.5 Å². The summed E-state index contributed by atoms with van der Waals surface area (Å²) >= 11 is 1.63. The van der Waals surface area contributed by atoms with Gasteiger partial charge in [-0.25, -0.2) is 0 Å². The van der Waals surface area contributed by atoms with Gasteiger partial charge in [0.05, 0.1) is 12.1 Å². The summed E-state index contributed by atoms with van der Waals surface area (Å²) in [5.74, 6) is -0.0866. The van der Waals surface area contributed by atoms with Crippen molar-refractivity contribution in [1.82, 2.24) is 10.3 Å². The monoisotopic (exact) mass is 218 g/mol. The highest BCUT2D eigenvalue weighted by Gasteiger charge is 2.04. The van der Waals surface area contributed by atoms with E-state index >= 15 is 0 Å². The standard InChI is InChI=1S/C11H10N2OS/c14-11(9-3-1-5-12-7-9)13-8-10-4-2-6-15-10/h1-7H,8H2,(H,13,14). The Labute approximate surface area is 91.8 Å². The second-order valence-electron chi connectivity index (χ2n) is 3.00. The summed E-state index contributed by atoms with van der Waals surface area (Å²) in [4.78, 5) is 16.6. The van der Waals surface area contributed by atoms with E-state index in [1.807, 2.05) is 17.5 Å². The summed E-state index contributed by atoms with van der Waals surface area (Å²) in [6, 6.07) is 7.46. The number of carbonyl (C=O) groups is 1. The number of nitrogens with one attached hydrogen (secondary N) is 1. The molecule has 0 aliphatic rings. The molecule has 1 amide bonds. The molecule has 0 bridgehead atoms. The van der Waals surface area contributed by atoms with Crippen molar-refractivity contribution in [1.29, 1.82) is 0 Å². The zero-order valence-electron chi connectivity index (χ0n) is 8.01.